The summed E-state index contributed by atoms with van der Waals surface area (Å²) in [4.78, 5) is 3.97. The lowest BCUT2D eigenvalue weighted by atomic mass is 9.87. The summed E-state index contributed by atoms with van der Waals surface area (Å²) in [5.74, 6) is 0. The van der Waals surface area contributed by atoms with Crippen molar-refractivity contribution < 1.29 is 5.11 Å². The zero-order valence-electron chi connectivity index (χ0n) is 12.5. The fourth-order valence-corrected chi connectivity index (χ4v) is 3.16. The first-order valence-electron chi connectivity index (χ1n) is 7.67. The largest absolute Gasteiger partial charge is 0.384 e. The monoisotopic (exact) mass is 317 g/mol. The summed E-state index contributed by atoms with van der Waals surface area (Å²) in [6.45, 7) is 0.451. The molecule has 1 aliphatic carbocycles. The Morgan fingerprint density at radius 2 is 2.05 bits per heavy atom. The van der Waals surface area contributed by atoms with Gasteiger partial charge in [-0.2, -0.15) is 5.10 Å². The molecule has 4 nitrogen and oxygen atoms in total. The van der Waals surface area contributed by atoms with Crippen molar-refractivity contribution in [2.24, 2.45) is 0 Å². The van der Waals surface area contributed by atoms with E-state index in [4.69, 9.17) is 11.6 Å². The number of aliphatic hydroxyl groups is 1. The summed E-state index contributed by atoms with van der Waals surface area (Å²) in [6.07, 6.45) is 10.2. The second kappa shape index (κ2) is 6.63. The Morgan fingerprint density at radius 1 is 1.23 bits per heavy atom. The Balaban J connectivity index is 1.91. The minimum absolute atomic E-state index is 0.451. The molecule has 1 N–H and O–H groups in total. The van der Waals surface area contributed by atoms with Gasteiger partial charge in [-0.25, -0.2) is 9.67 Å². The molecule has 2 aromatic rings. The van der Waals surface area contributed by atoms with Crippen LogP contribution in [0.4, 0.5) is 0 Å². The van der Waals surface area contributed by atoms with Gasteiger partial charge in [-0.1, -0.05) is 42.7 Å². The molecule has 1 heterocycles. The van der Waals surface area contributed by atoms with E-state index in [1.807, 2.05) is 24.3 Å². The maximum absolute atomic E-state index is 11.2. The quantitative estimate of drug-likeness (QED) is 0.878. The van der Waals surface area contributed by atoms with Crippen molar-refractivity contribution in [2.75, 3.05) is 0 Å². The Kier molecular flexibility index (Phi) is 4.60. The average molecular weight is 318 g/mol. The average Bonchev–Trinajstić information content (AvgIpc) is 2.93. The molecule has 1 atom stereocenters. The standard InChI is InChI=1S/C17H20ClN3O/c18-16-7-5-14(6-8-16)10-15-4-2-1-3-9-17(15,22)11-21-13-19-12-20-21/h5-8,10,12-13,22H,1-4,9,11H2. The predicted molar refractivity (Wildman–Crippen MR) is 87.5 cm³/mol. The zero-order valence-corrected chi connectivity index (χ0v) is 13.2. The van der Waals surface area contributed by atoms with Crippen LogP contribution in [0.2, 0.25) is 5.02 Å². The number of nitrogens with zero attached hydrogens (tertiary/aromatic N) is 3. The molecule has 0 spiro atoms. The number of benzene rings is 1. The Labute approximate surface area is 135 Å². The van der Waals surface area contributed by atoms with Gasteiger partial charge in [0.05, 0.1) is 6.54 Å². The van der Waals surface area contributed by atoms with E-state index < -0.39 is 5.60 Å². The van der Waals surface area contributed by atoms with Gasteiger partial charge in [0.15, 0.2) is 0 Å². The predicted octanol–water partition coefficient (Wildman–Crippen LogP) is 3.71. The van der Waals surface area contributed by atoms with Gasteiger partial charge in [0, 0.05) is 5.02 Å². The maximum Gasteiger partial charge on any atom is 0.137 e. The number of halogens is 1. The van der Waals surface area contributed by atoms with E-state index in [1.165, 1.54) is 6.33 Å². The summed E-state index contributed by atoms with van der Waals surface area (Å²) >= 11 is 5.94. The molecule has 1 aliphatic rings. The topological polar surface area (TPSA) is 50.9 Å². The van der Waals surface area contributed by atoms with E-state index in [1.54, 1.807) is 11.0 Å². The lowest BCUT2D eigenvalue weighted by molar-refractivity contribution is 0.0471. The van der Waals surface area contributed by atoms with Gasteiger partial charge in [0.2, 0.25) is 0 Å². The molecule has 5 heteroatoms. The molecule has 1 aromatic heterocycles. The van der Waals surface area contributed by atoms with Crippen molar-refractivity contribution in [3.63, 3.8) is 0 Å². The van der Waals surface area contributed by atoms with Crippen LogP contribution in [-0.2, 0) is 6.54 Å². The first kappa shape index (κ1) is 15.3. The highest BCUT2D eigenvalue weighted by Crippen LogP contribution is 2.34. The minimum Gasteiger partial charge on any atom is -0.384 e. The Hall–Kier alpha value is -1.65. The third-order valence-corrected chi connectivity index (χ3v) is 4.49. The normalized spacial score (nSPS) is 24.4. The molecular weight excluding hydrogens is 298 g/mol. The van der Waals surface area contributed by atoms with Gasteiger partial charge < -0.3 is 5.11 Å². The highest BCUT2D eigenvalue weighted by molar-refractivity contribution is 6.30. The Morgan fingerprint density at radius 3 is 2.77 bits per heavy atom. The van der Waals surface area contributed by atoms with Crippen LogP contribution in [0.25, 0.3) is 6.08 Å². The van der Waals surface area contributed by atoms with Crippen LogP contribution in [0.5, 0.6) is 0 Å². The molecule has 116 valence electrons. The molecule has 0 radical (unpaired) electrons. The second-order valence-electron chi connectivity index (χ2n) is 5.91. The lowest BCUT2D eigenvalue weighted by Gasteiger charge is -2.29. The molecule has 22 heavy (non-hydrogen) atoms. The molecular formula is C17H20ClN3O. The highest BCUT2D eigenvalue weighted by atomic mass is 35.5. The lowest BCUT2D eigenvalue weighted by Crippen LogP contribution is -2.36. The van der Waals surface area contributed by atoms with Gasteiger partial charge >= 0.3 is 0 Å². The highest BCUT2D eigenvalue weighted by Gasteiger charge is 2.33. The van der Waals surface area contributed by atoms with Crippen molar-refractivity contribution in [3.05, 3.63) is 53.1 Å². The van der Waals surface area contributed by atoms with Crippen molar-refractivity contribution in [2.45, 2.75) is 44.2 Å². The number of aromatic nitrogens is 3. The Bertz CT molecular complexity index is 636. The molecule has 1 fully saturated rings. The van der Waals surface area contributed by atoms with E-state index in [9.17, 15) is 5.11 Å². The van der Waals surface area contributed by atoms with Gasteiger partial charge in [-0.15, -0.1) is 0 Å². The van der Waals surface area contributed by atoms with E-state index in [-0.39, 0.29) is 0 Å². The number of rotatable bonds is 3. The van der Waals surface area contributed by atoms with Crippen molar-refractivity contribution in [1.29, 1.82) is 0 Å². The van der Waals surface area contributed by atoms with Crippen LogP contribution < -0.4 is 0 Å². The number of hydrogen-bond acceptors (Lipinski definition) is 3. The fraction of sp³-hybridized carbons (Fsp3) is 0.412. The summed E-state index contributed by atoms with van der Waals surface area (Å²) in [7, 11) is 0. The molecule has 0 aliphatic heterocycles. The molecule has 0 amide bonds. The van der Waals surface area contributed by atoms with Gasteiger partial charge in [-0.3, -0.25) is 0 Å². The summed E-state index contributed by atoms with van der Waals surface area (Å²) in [5, 5.41) is 16.1. The van der Waals surface area contributed by atoms with Gasteiger partial charge in [0.25, 0.3) is 0 Å². The third kappa shape index (κ3) is 3.57. The van der Waals surface area contributed by atoms with Crippen LogP contribution in [0.3, 0.4) is 0 Å². The summed E-state index contributed by atoms with van der Waals surface area (Å²) in [6, 6.07) is 7.72. The van der Waals surface area contributed by atoms with Crippen LogP contribution in [0.1, 0.15) is 37.7 Å². The fourth-order valence-electron chi connectivity index (χ4n) is 3.03. The smallest absolute Gasteiger partial charge is 0.137 e. The van der Waals surface area contributed by atoms with E-state index in [0.717, 1.165) is 48.3 Å². The van der Waals surface area contributed by atoms with Crippen LogP contribution in [-0.4, -0.2) is 25.5 Å². The van der Waals surface area contributed by atoms with Crippen molar-refractivity contribution >= 4 is 17.7 Å². The summed E-state index contributed by atoms with van der Waals surface area (Å²) in [5.41, 5.74) is 1.28. The molecule has 0 saturated heterocycles. The number of hydrogen-bond donors (Lipinski definition) is 1. The van der Waals surface area contributed by atoms with Gasteiger partial charge in [0.1, 0.15) is 18.3 Å². The van der Waals surface area contributed by atoms with E-state index in [2.05, 4.69) is 16.2 Å². The zero-order chi connectivity index (χ0) is 15.4. The molecule has 3 rings (SSSR count). The van der Waals surface area contributed by atoms with Crippen LogP contribution in [0.15, 0.2) is 42.5 Å². The minimum atomic E-state index is -0.857. The third-order valence-electron chi connectivity index (χ3n) is 4.24. The van der Waals surface area contributed by atoms with Gasteiger partial charge in [-0.05, 0) is 42.5 Å². The molecule has 1 saturated carbocycles. The van der Waals surface area contributed by atoms with E-state index >= 15 is 0 Å². The first-order chi connectivity index (χ1) is 10.7. The maximum atomic E-state index is 11.2. The van der Waals surface area contributed by atoms with Crippen LogP contribution >= 0.6 is 11.6 Å². The van der Waals surface area contributed by atoms with Crippen molar-refractivity contribution in [1.82, 2.24) is 14.8 Å². The van der Waals surface area contributed by atoms with Crippen LogP contribution in [0, 0.1) is 0 Å². The SMILES string of the molecule is OC1(Cn2cncn2)CCCCCC1=Cc1ccc(Cl)cc1. The van der Waals surface area contributed by atoms with Crippen molar-refractivity contribution in [3.8, 4) is 0 Å². The molecule has 1 unspecified atom stereocenters. The van der Waals surface area contributed by atoms with E-state index in [0.29, 0.717) is 6.54 Å². The second-order valence-corrected chi connectivity index (χ2v) is 6.34. The summed E-state index contributed by atoms with van der Waals surface area (Å²) < 4.78 is 1.71. The molecule has 1 aromatic carbocycles. The first-order valence-corrected chi connectivity index (χ1v) is 8.05. The molecule has 0 bridgehead atoms.